The van der Waals surface area contributed by atoms with Crippen molar-refractivity contribution in [2.75, 3.05) is 0 Å². The van der Waals surface area contributed by atoms with Crippen LogP contribution in [0.1, 0.15) is 36.9 Å². The molecule has 2 heterocycles. The van der Waals surface area contributed by atoms with Gasteiger partial charge in [-0.05, 0) is 11.4 Å². The molecule has 0 atom stereocenters. The molecule has 0 unspecified atom stereocenters. The van der Waals surface area contributed by atoms with Crippen LogP contribution in [0.3, 0.4) is 0 Å². The zero-order chi connectivity index (χ0) is 12.6. The smallest absolute Gasteiger partial charge is 0.341 e. The first kappa shape index (κ1) is 11.9. The Kier molecular flexibility index (Phi) is 2.79. The average molecular weight is 251 g/mol. The minimum Gasteiger partial charge on any atom is -0.477 e. The van der Waals surface area contributed by atoms with E-state index >= 15 is 0 Å². The average Bonchev–Trinajstić information content (AvgIpc) is 2.84. The number of carboxylic acid groups (broad SMARTS) is 1. The van der Waals surface area contributed by atoms with Gasteiger partial charge in [-0.2, -0.15) is 11.3 Å². The van der Waals surface area contributed by atoms with Crippen molar-refractivity contribution < 1.29 is 14.4 Å². The van der Waals surface area contributed by atoms with E-state index in [1.54, 1.807) is 0 Å². The van der Waals surface area contributed by atoms with Crippen molar-refractivity contribution >= 4 is 17.3 Å². The van der Waals surface area contributed by atoms with Crippen molar-refractivity contribution in [2.24, 2.45) is 0 Å². The molecule has 5 heteroatoms. The van der Waals surface area contributed by atoms with E-state index < -0.39 is 5.97 Å². The molecule has 0 saturated carbocycles. The lowest BCUT2D eigenvalue weighted by molar-refractivity contribution is 0.0693. The molecule has 0 aromatic carbocycles. The SMILES string of the molecule is CC(C)(C)c1onc(-c2ccsc2)c1C(=O)O. The summed E-state index contributed by atoms with van der Waals surface area (Å²) in [6.07, 6.45) is 0. The van der Waals surface area contributed by atoms with Crippen LogP contribution in [0.2, 0.25) is 0 Å². The monoisotopic (exact) mass is 251 g/mol. The van der Waals surface area contributed by atoms with Crippen LogP contribution in [0.15, 0.2) is 21.3 Å². The van der Waals surface area contributed by atoms with E-state index in [-0.39, 0.29) is 11.0 Å². The highest BCUT2D eigenvalue weighted by Gasteiger charge is 2.31. The third kappa shape index (κ3) is 2.10. The standard InChI is InChI=1S/C12H13NO3S/c1-12(2,3)10-8(11(14)15)9(13-16-10)7-4-5-17-6-7/h4-6H,1-3H3,(H,14,15). The lowest BCUT2D eigenvalue weighted by Gasteiger charge is -2.14. The maximum Gasteiger partial charge on any atom is 0.341 e. The van der Waals surface area contributed by atoms with E-state index in [4.69, 9.17) is 4.52 Å². The van der Waals surface area contributed by atoms with Crippen molar-refractivity contribution in [3.8, 4) is 11.3 Å². The summed E-state index contributed by atoms with van der Waals surface area (Å²) < 4.78 is 5.22. The molecule has 0 bridgehead atoms. The van der Waals surface area contributed by atoms with Crippen molar-refractivity contribution in [3.63, 3.8) is 0 Å². The van der Waals surface area contributed by atoms with Crippen LogP contribution >= 0.6 is 11.3 Å². The summed E-state index contributed by atoms with van der Waals surface area (Å²) in [4.78, 5) is 11.3. The first-order chi connectivity index (χ1) is 7.91. The first-order valence-electron chi connectivity index (χ1n) is 5.17. The predicted molar refractivity (Wildman–Crippen MR) is 65.5 cm³/mol. The lowest BCUT2D eigenvalue weighted by atomic mass is 9.89. The van der Waals surface area contributed by atoms with Gasteiger partial charge in [-0.1, -0.05) is 25.9 Å². The van der Waals surface area contributed by atoms with Crippen LogP contribution < -0.4 is 0 Å². The van der Waals surface area contributed by atoms with Gasteiger partial charge in [0, 0.05) is 16.4 Å². The summed E-state index contributed by atoms with van der Waals surface area (Å²) in [7, 11) is 0. The fourth-order valence-electron chi connectivity index (χ4n) is 1.60. The summed E-state index contributed by atoms with van der Waals surface area (Å²) in [6.45, 7) is 5.70. The fraction of sp³-hybridized carbons (Fsp3) is 0.333. The molecule has 0 aliphatic carbocycles. The molecule has 17 heavy (non-hydrogen) atoms. The largest absolute Gasteiger partial charge is 0.477 e. The number of carbonyl (C=O) groups is 1. The van der Waals surface area contributed by atoms with E-state index in [0.717, 1.165) is 5.56 Å². The Morgan fingerprint density at radius 2 is 2.18 bits per heavy atom. The number of hydrogen-bond donors (Lipinski definition) is 1. The molecule has 1 N–H and O–H groups in total. The topological polar surface area (TPSA) is 63.3 Å². The van der Waals surface area contributed by atoms with Gasteiger partial charge >= 0.3 is 5.97 Å². The van der Waals surface area contributed by atoms with Gasteiger partial charge in [-0.15, -0.1) is 0 Å². The van der Waals surface area contributed by atoms with Crippen LogP contribution in [0.4, 0.5) is 0 Å². The number of carboxylic acids is 1. The summed E-state index contributed by atoms with van der Waals surface area (Å²) >= 11 is 1.50. The van der Waals surface area contributed by atoms with E-state index in [1.807, 2.05) is 37.6 Å². The second-order valence-electron chi connectivity index (χ2n) is 4.80. The highest BCUT2D eigenvalue weighted by molar-refractivity contribution is 7.08. The zero-order valence-electron chi connectivity index (χ0n) is 9.85. The first-order valence-corrected chi connectivity index (χ1v) is 6.11. The number of thiophene rings is 1. The van der Waals surface area contributed by atoms with Gasteiger partial charge in [0.15, 0.2) is 5.76 Å². The highest BCUT2D eigenvalue weighted by atomic mass is 32.1. The van der Waals surface area contributed by atoms with Crippen LogP contribution in [-0.2, 0) is 5.41 Å². The van der Waals surface area contributed by atoms with E-state index in [1.165, 1.54) is 11.3 Å². The van der Waals surface area contributed by atoms with Crippen molar-refractivity contribution in [1.29, 1.82) is 0 Å². The Labute approximate surface area is 103 Å². The molecule has 4 nitrogen and oxygen atoms in total. The Balaban J connectivity index is 2.64. The van der Waals surface area contributed by atoms with Crippen LogP contribution in [-0.4, -0.2) is 16.2 Å². The molecular formula is C12H13NO3S. The van der Waals surface area contributed by atoms with Gasteiger partial charge in [-0.3, -0.25) is 0 Å². The van der Waals surface area contributed by atoms with Crippen molar-refractivity contribution in [1.82, 2.24) is 5.16 Å². The third-order valence-electron chi connectivity index (χ3n) is 2.38. The molecule has 0 fully saturated rings. The minimum atomic E-state index is -1.00. The van der Waals surface area contributed by atoms with Crippen LogP contribution in [0.25, 0.3) is 11.3 Å². The number of nitrogens with zero attached hydrogens (tertiary/aromatic N) is 1. The Hall–Kier alpha value is -1.62. The number of rotatable bonds is 2. The summed E-state index contributed by atoms with van der Waals surface area (Å²) in [6, 6.07) is 1.83. The summed E-state index contributed by atoms with van der Waals surface area (Å²) in [5.74, 6) is -0.594. The van der Waals surface area contributed by atoms with Gasteiger partial charge < -0.3 is 9.63 Å². The van der Waals surface area contributed by atoms with E-state index in [0.29, 0.717) is 11.5 Å². The van der Waals surface area contributed by atoms with Crippen molar-refractivity contribution in [3.05, 3.63) is 28.2 Å². The molecule has 90 valence electrons. The maximum atomic E-state index is 11.3. The lowest BCUT2D eigenvalue weighted by Crippen LogP contribution is -2.15. The fourth-order valence-corrected chi connectivity index (χ4v) is 2.24. The molecule has 0 saturated heterocycles. The second kappa shape index (κ2) is 4.00. The van der Waals surface area contributed by atoms with Crippen LogP contribution in [0.5, 0.6) is 0 Å². The predicted octanol–water partition coefficient (Wildman–Crippen LogP) is 3.40. The quantitative estimate of drug-likeness (QED) is 0.888. The highest BCUT2D eigenvalue weighted by Crippen LogP contribution is 2.33. The molecule has 0 amide bonds. The van der Waals surface area contributed by atoms with Gasteiger partial charge in [0.25, 0.3) is 0 Å². The minimum absolute atomic E-state index is 0.163. The molecule has 2 aromatic heterocycles. The van der Waals surface area contributed by atoms with E-state index in [9.17, 15) is 9.90 Å². The Morgan fingerprint density at radius 1 is 1.47 bits per heavy atom. The number of hydrogen-bond acceptors (Lipinski definition) is 4. The van der Waals surface area contributed by atoms with Crippen molar-refractivity contribution in [2.45, 2.75) is 26.2 Å². The van der Waals surface area contributed by atoms with Gasteiger partial charge in [-0.25, -0.2) is 4.79 Å². The molecule has 2 rings (SSSR count). The summed E-state index contributed by atoms with van der Waals surface area (Å²) in [5, 5.41) is 16.9. The van der Waals surface area contributed by atoms with Gasteiger partial charge in [0.2, 0.25) is 0 Å². The van der Waals surface area contributed by atoms with Gasteiger partial charge in [0.05, 0.1) is 0 Å². The zero-order valence-corrected chi connectivity index (χ0v) is 10.7. The summed E-state index contributed by atoms with van der Waals surface area (Å²) in [5.41, 5.74) is 0.973. The normalized spacial score (nSPS) is 11.7. The Morgan fingerprint density at radius 3 is 2.65 bits per heavy atom. The molecule has 0 aliphatic rings. The van der Waals surface area contributed by atoms with E-state index in [2.05, 4.69) is 5.16 Å². The molecule has 0 radical (unpaired) electrons. The molecule has 0 aliphatic heterocycles. The maximum absolute atomic E-state index is 11.3. The van der Waals surface area contributed by atoms with Gasteiger partial charge in [0.1, 0.15) is 11.3 Å². The molecular weight excluding hydrogens is 238 g/mol. The molecule has 2 aromatic rings. The third-order valence-corrected chi connectivity index (χ3v) is 3.06. The number of aromatic carboxylic acids is 1. The second-order valence-corrected chi connectivity index (χ2v) is 5.58. The number of aromatic nitrogens is 1. The molecule has 0 spiro atoms. The van der Waals surface area contributed by atoms with Crippen LogP contribution in [0, 0.1) is 0 Å². The Bertz CT molecular complexity index is 535.